The molecule has 0 saturated heterocycles. The lowest BCUT2D eigenvalue weighted by atomic mass is 10.3. The lowest BCUT2D eigenvalue weighted by Crippen LogP contribution is -2.19. The van der Waals surface area contributed by atoms with Gasteiger partial charge in [0, 0.05) is 5.88 Å². The Labute approximate surface area is 71.8 Å². The van der Waals surface area contributed by atoms with Gasteiger partial charge in [-0.1, -0.05) is 0 Å². The molecule has 1 rings (SSSR count). The summed E-state index contributed by atoms with van der Waals surface area (Å²) in [5.41, 5.74) is -0.435. The molecular formula is C6H11ClO3S. The third kappa shape index (κ3) is 2.97. The van der Waals surface area contributed by atoms with Crippen LogP contribution in [0.2, 0.25) is 0 Å². The van der Waals surface area contributed by atoms with E-state index in [2.05, 4.69) is 0 Å². The quantitative estimate of drug-likeness (QED) is 0.503. The number of alkyl halides is 1. The molecule has 0 aromatic heterocycles. The van der Waals surface area contributed by atoms with Crippen LogP contribution in [-0.2, 0) is 14.3 Å². The molecule has 0 N–H and O–H groups in total. The largest absolute Gasteiger partial charge is 0.264 e. The standard InChI is InChI=1S/C6H11ClO3S/c1-11(8,9)10-6(2-3-6)4-5-7/h2-5H2,1H3. The molecule has 0 amide bonds. The maximum absolute atomic E-state index is 10.7. The molecule has 0 atom stereocenters. The first kappa shape index (κ1) is 9.29. The van der Waals surface area contributed by atoms with Gasteiger partial charge in [-0.2, -0.15) is 8.42 Å². The highest BCUT2D eigenvalue weighted by molar-refractivity contribution is 7.86. The third-order valence-corrected chi connectivity index (χ3v) is 2.53. The van der Waals surface area contributed by atoms with E-state index in [4.69, 9.17) is 15.8 Å². The summed E-state index contributed by atoms with van der Waals surface area (Å²) in [5.74, 6) is 0.454. The molecule has 0 radical (unpaired) electrons. The van der Waals surface area contributed by atoms with E-state index < -0.39 is 15.7 Å². The monoisotopic (exact) mass is 198 g/mol. The molecule has 0 bridgehead atoms. The maximum Gasteiger partial charge on any atom is 0.264 e. The van der Waals surface area contributed by atoms with Gasteiger partial charge in [0.05, 0.1) is 11.9 Å². The summed E-state index contributed by atoms with van der Waals surface area (Å²) in [6.45, 7) is 0. The third-order valence-electron chi connectivity index (χ3n) is 1.69. The Morgan fingerprint density at radius 3 is 2.36 bits per heavy atom. The van der Waals surface area contributed by atoms with Crippen molar-refractivity contribution in [3.63, 3.8) is 0 Å². The SMILES string of the molecule is CS(=O)(=O)OC1(CCCl)CC1. The highest BCUT2D eigenvalue weighted by Crippen LogP contribution is 2.43. The summed E-state index contributed by atoms with van der Waals surface area (Å²) in [6, 6.07) is 0. The molecule has 1 aliphatic rings. The molecule has 0 unspecified atom stereocenters. The molecule has 5 heteroatoms. The molecule has 1 saturated carbocycles. The molecule has 66 valence electrons. The summed E-state index contributed by atoms with van der Waals surface area (Å²) >= 11 is 5.48. The van der Waals surface area contributed by atoms with E-state index in [-0.39, 0.29) is 0 Å². The second-order valence-corrected chi connectivity index (χ2v) is 4.86. The van der Waals surface area contributed by atoms with Gasteiger partial charge < -0.3 is 0 Å². The number of hydrogen-bond acceptors (Lipinski definition) is 3. The van der Waals surface area contributed by atoms with Crippen molar-refractivity contribution in [1.82, 2.24) is 0 Å². The van der Waals surface area contributed by atoms with E-state index in [1.54, 1.807) is 0 Å². The van der Waals surface area contributed by atoms with E-state index >= 15 is 0 Å². The van der Waals surface area contributed by atoms with Gasteiger partial charge in [-0.15, -0.1) is 11.6 Å². The molecule has 0 spiro atoms. The van der Waals surface area contributed by atoms with E-state index in [9.17, 15) is 8.42 Å². The van der Waals surface area contributed by atoms with Crippen molar-refractivity contribution >= 4 is 21.7 Å². The highest BCUT2D eigenvalue weighted by Gasteiger charge is 2.46. The summed E-state index contributed by atoms with van der Waals surface area (Å²) in [5, 5.41) is 0. The molecular weight excluding hydrogens is 188 g/mol. The van der Waals surface area contributed by atoms with Gasteiger partial charge in [0.15, 0.2) is 0 Å². The van der Waals surface area contributed by atoms with Crippen LogP contribution in [0, 0.1) is 0 Å². The average molecular weight is 199 g/mol. The molecule has 0 aromatic carbocycles. The Morgan fingerprint density at radius 2 is 2.09 bits per heavy atom. The Kier molecular flexibility index (Phi) is 2.46. The van der Waals surface area contributed by atoms with E-state index in [0.29, 0.717) is 12.3 Å². The van der Waals surface area contributed by atoms with Crippen molar-refractivity contribution in [3.8, 4) is 0 Å². The summed E-state index contributed by atoms with van der Waals surface area (Å²) in [4.78, 5) is 0. The molecule has 11 heavy (non-hydrogen) atoms. The van der Waals surface area contributed by atoms with Crippen LogP contribution >= 0.6 is 11.6 Å². The predicted octanol–water partition coefficient (Wildman–Crippen LogP) is 1.12. The fourth-order valence-corrected chi connectivity index (χ4v) is 2.24. The van der Waals surface area contributed by atoms with E-state index in [0.717, 1.165) is 19.1 Å². The second kappa shape index (κ2) is 2.92. The topological polar surface area (TPSA) is 43.4 Å². The van der Waals surface area contributed by atoms with E-state index in [1.807, 2.05) is 0 Å². The van der Waals surface area contributed by atoms with Crippen LogP contribution in [0.5, 0.6) is 0 Å². The molecule has 0 heterocycles. The molecule has 1 aliphatic carbocycles. The van der Waals surface area contributed by atoms with Crippen molar-refractivity contribution in [2.75, 3.05) is 12.1 Å². The van der Waals surface area contributed by atoms with Gasteiger partial charge in [0.1, 0.15) is 0 Å². The Balaban J connectivity index is 2.48. The van der Waals surface area contributed by atoms with Crippen LogP contribution in [0.3, 0.4) is 0 Å². The molecule has 0 aromatic rings. The zero-order chi connectivity index (χ0) is 8.54. The van der Waals surface area contributed by atoms with Crippen molar-refractivity contribution in [2.45, 2.75) is 24.9 Å². The van der Waals surface area contributed by atoms with Gasteiger partial charge in [-0.25, -0.2) is 0 Å². The lowest BCUT2D eigenvalue weighted by molar-refractivity contribution is 0.186. The smallest absolute Gasteiger partial charge is 0.264 e. The number of halogens is 1. The first-order valence-electron chi connectivity index (χ1n) is 3.44. The minimum Gasteiger partial charge on any atom is -0.264 e. The van der Waals surface area contributed by atoms with E-state index in [1.165, 1.54) is 0 Å². The first-order valence-corrected chi connectivity index (χ1v) is 5.79. The fraction of sp³-hybridized carbons (Fsp3) is 1.00. The van der Waals surface area contributed by atoms with Gasteiger partial charge in [0.2, 0.25) is 0 Å². The summed E-state index contributed by atoms with van der Waals surface area (Å²) in [7, 11) is -3.30. The second-order valence-electron chi connectivity index (χ2n) is 2.91. The van der Waals surface area contributed by atoms with Crippen molar-refractivity contribution in [2.24, 2.45) is 0 Å². The molecule has 3 nitrogen and oxygen atoms in total. The van der Waals surface area contributed by atoms with Crippen LogP contribution in [0.15, 0.2) is 0 Å². The van der Waals surface area contributed by atoms with Gasteiger partial charge in [0.25, 0.3) is 10.1 Å². The minimum absolute atomic E-state index is 0.435. The van der Waals surface area contributed by atoms with Gasteiger partial charge in [-0.05, 0) is 19.3 Å². The Hall–Kier alpha value is 0.200. The van der Waals surface area contributed by atoms with Crippen LogP contribution in [-0.4, -0.2) is 26.2 Å². The normalized spacial score (nSPS) is 21.6. The van der Waals surface area contributed by atoms with Crippen LogP contribution in [0.25, 0.3) is 0 Å². The zero-order valence-electron chi connectivity index (χ0n) is 6.34. The van der Waals surface area contributed by atoms with Gasteiger partial charge >= 0.3 is 0 Å². The summed E-state index contributed by atoms with van der Waals surface area (Å²) in [6.07, 6.45) is 3.32. The van der Waals surface area contributed by atoms with Crippen molar-refractivity contribution in [3.05, 3.63) is 0 Å². The maximum atomic E-state index is 10.7. The zero-order valence-corrected chi connectivity index (χ0v) is 7.91. The van der Waals surface area contributed by atoms with Gasteiger partial charge in [-0.3, -0.25) is 4.18 Å². The Morgan fingerprint density at radius 1 is 1.55 bits per heavy atom. The molecule has 1 fully saturated rings. The average Bonchev–Trinajstić information content (AvgIpc) is 2.44. The van der Waals surface area contributed by atoms with Crippen molar-refractivity contribution in [1.29, 1.82) is 0 Å². The van der Waals surface area contributed by atoms with Crippen LogP contribution in [0.1, 0.15) is 19.3 Å². The van der Waals surface area contributed by atoms with Crippen molar-refractivity contribution < 1.29 is 12.6 Å². The number of rotatable bonds is 4. The number of hydrogen-bond donors (Lipinski definition) is 0. The molecule has 0 aliphatic heterocycles. The fourth-order valence-electron chi connectivity index (χ4n) is 1.01. The van der Waals surface area contributed by atoms with Crippen LogP contribution < -0.4 is 0 Å². The highest BCUT2D eigenvalue weighted by atomic mass is 35.5. The van der Waals surface area contributed by atoms with Crippen LogP contribution in [0.4, 0.5) is 0 Å². The summed E-state index contributed by atoms with van der Waals surface area (Å²) < 4.78 is 26.3. The minimum atomic E-state index is -3.30. The predicted molar refractivity (Wildman–Crippen MR) is 43.2 cm³/mol. The first-order chi connectivity index (χ1) is 4.97. The lowest BCUT2D eigenvalue weighted by Gasteiger charge is -2.11. The Bertz CT molecular complexity index is 230.